The summed E-state index contributed by atoms with van der Waals surface area (Å²) in [6.45, 7) is 4.99. The smallest absolute Gasteiger partial charge is 0.340 e. The minimum atomic E-state index is -1.77. The molecule has 0 aromatic carbocycles. The van der Waals surface area contributed by atoms with Crippen LogP contribution in [0.5, 0.6) is 0 Å². The van der Waals surface area contributed by atoms with Gasteiger partial charge in [-0.25, -0.2) is 4.79 Å². The van der Waals surface area contributed by atoms with E-state index in [1.165, 1.54) is 18.3 Å². The third-order valence-corrected chi connectivity index (χ3v) is 2.95. The van der Waals surface area contributed by atoms with Crippen molar-refractivity contribution in [2.45, 2.75) is 26.4 Å². The minimum absolute atomic E-state index is 0.488. The number of carbonyl (C=O) groups is 1. The Labute approximate surface area is 80.6 Å². The van der Waals surface area contributed by atoms with Crippen LogP contribution in [-0.4, -0.2) is 16.2 Å². The molecule has 0 spiro atoms. The predicted molar refractivity (Wildman–Crippen MR) is 51.0 cm³/mol. The van der Waals surface area contributed by atoms with Crippen molar-refractivity contribution in [1.29, 1.82) is 0 Å². The molecule has 1 aromatic rings. The average Bonchev–Trinajstić information content (AvgIpc) is 2.30. The summed E-state index contributed by atoms with van der Waals surface area (Å²) >= 11 is 1.49. The highest BCUT2D eigenvalue weighted by Gasteiger charge is 2.34. The molecule has 72 valence electrons. The van der Waals surface area contributed by atoms with Gasteiger partial charge in [-0.3, -0.25) is 0 Å². The third kappa shape index (κ3) is 1.73. The molecule has 0 saturated heterocycles. The van der Waals surface area contributed by atoms with Gasteiger partial charge in [-0.05, 0) is 26.8 Å². The molecule has 0 saturated carbocycles. The highest BCUT2D eigenvalue weighted by molar-refractivity contribution is 7.12. The summed E-state index contributed by atoms with van der Waals surface area (Å²) in [6, 6.07) is 1.72. The molecule has 0 amide bonds. The normalized spacial score (nSPS) is 15.4. The summed E-state index contributed by atoms with van der Waals surface area (Å²) in [4.78, 5) is 12.6. The van der Waals surface area contributed by atoms with Crippen molar-refractivity contribution in [1.82, 2.24) is 0 Å². The Kier molecular flexibility index (Phi) is 2.45. The molecule has 0 fully saturated rings. The lowest BCUT2D eigenvalue weighted by Gasteiger charge is -2.17. The van der Waals surface area contributed by atoms with Gasteiger partial charge in [0.1, 0.15) is 0 Å². The van der Waals surface area contributed by atoms with E-state index in [-0.39, 0.29) is 0 Å². The molecule has 0 aliphatic carbocycles. The molecule has 0 bridgehead atoms. The molecule has 0 radical (unpaired) electrons. The lowest BCUT2D eigenvalue weighted by atomic mass is 9.97. The van der Waals surface area contributed by atoms with E-state index in [2.05, 4.69) is 0 Å². The van der Waals surface area contributed by atoms with Gasteiger partial charge in [0.05, 0.1) is 0 Å². The molecule has 0 aliphatic rings. The number of aliphatic hydroxyl groups is 1. The maximum absolute atomic E-state index is 10.7. The Balaban J connectivity index is 3.21. The van der Waals surface area contributed by atoms with Crippen LogP contribution >= 0.6 is 11.3 Å². The van der Waals surface area contributed by atoms with Crippen molar-refractivity contribution in [3.63, 3.8) is 0 Å². The summed E-state index contributed by atoms with van der Waals surface area (Å²) in [7, 11) is 0. The molecule has 1 unspecified atom stereocenters. The first-order valence-corrected chi connectivity index (χ1v) is 4.70. The molecular formula is C9H12O3S. The monoisotopic (exact) mass is 200 g/mol. The second kappa shape index (κ2) is 3.12. The van der Waals surface area contributed by atoms with Gasteiger partial charge in [0.15, 0.2) is 5.60 Å². The second-order valence-corrected chi connectivity index (χ2v) is 4.66. The van der Waals surface area contributed by atoms with Gasteiger partial charge in [0.25, 0.3) is 0 Å². The first-order chi connectivity index (χ1) is 5.85. The van der Waals surface area contributed by atoms with Gasteiger partial charge in [-0.15, -0.1) is 11.3 Å². The van der Waals surface area contributed by atoms with Gasteiger partial charge < -0.3 is 10.2 Å². The number of thiophene rings is 1. The predicted octanol–water partition coefficient (Wildman–Crippen LogP) is 1.66. The van der Waals surface area contributed by atoms with Crippen molar-refractivity contribution in [2.75, 3.05) is 0 Å². The molecule has 1 rings (SSSR count). The van der Waals surface area contributed by atoms with E-state index in [0.717, 1.165) is 9.75 Å². The summed E-state index contributed by atoms with van der Waals surface area (Å²) in [5.41, 5.74) is -1.28. The number of carboxylic acids is 1. The van der Waals surface area contributed by atoms with Gasteiger partial charge in [-0.2, -0.15) is 0 Å². The first kappa shape index (κ1) is 10.2. The second-order valence-electron chi connectivity index (χ2n) is 3.20. The van der Waals surface area contributed by atoms with Crippen LogP contribution in [0.2, 0.25) is 0 Å². The molecule has 0 aliphatic heterocycles. The van der Waals surface area contributed by atoms with E-state index in [4.69, 9.17) is 5.11 Å². The lowest BCUT2D eigenvalue weighted by molar-refractivity contribution is -0.157. The van der Waals surface area contributed by atoms with Gasteiger partial charge in [0.2, 0.25) is 0 Å². The van der Waals surface area contributed by atoms with Gasteiger partial charge in [0, 0.05) is 15.3 Å². The fourth-order valence-electron chi connectivity index (χ4n) is 1.23. The van der Waals surface area contributed by atoms with Crippen LogP contribution in [-0.2, 0) is 10.4 Å². The average molecular weight is 200 g/mol. The highest BCUT2D eigenvalue weighted by atomic mass is 32.1. The van der Waals surface area contributed by atoms with Crippen molar-refractivity contribution in [3.8, 4) is 0 Å². The van der Waals surface area contributed by atoms with Crippen molar-refractivity contribution >= 4 is 17.3 Å². The largest absolute Gasteiger partial charge is 0.479 e. The number of carboxylic acid groups (broad SMARTS) is 1. The topological polar surface area (TPSA) is 57.5 Å². The summed E-state index contributed by atoms with van der Waals surface area (Å²) < 4.78 is 0. The quantitative estimate of drug-likeness (QED) is 0.763. The first-order valence-electron chi connectivity index (χ1n) is 3.89. The maximum atomic E-state index is 10.7. The molecule has 4 heteroatoms. The van der Waals surface area contributed by atoms with Crippen LogP contribution in [0.25, 0.3) is 0 Å². The molecule has 1 atom stereocenters. The van der Waals surface area contributed by atoms with Crippen molar-refractivity contribution in [2.24, 2.45) is 0 Å². The van der Waals surface area contributed by atoms with Crippen molar-refractivity contribution < 1.29 is 15.0 Å². The number of hydrogen-bond donors (Lipinski definition) is 2. The Hall–Kier alpha value is -0.870. The number of hydrogen-bond acceptors (Lipinski definition) is 3. The minimum Gasteiger partial charge on any atom is -0.479 e. The van der Waals surface area contributed by atoms with Crippen LogP contribution in [0.1, 0.15) is 22.2 Å². The fourth-order valence-corrected chi connectivity index (χ4v) is 2.26. The third-order valence-electron chi connectivity index (χ3n) is 1.98. The highest BCUT2D eigenvalue weighted by Crippen LogP contribution is 2.30. The van der Waals surface area contributed by atoms with Crippen LogP contribution in [0.4, 0.5) is 0 Å². The van der Waals surface area contributed by atoms with E-state index in [1.807, 2.05) is 13.8 Å². The zero-order valence-electron chi connectivity index (χ0n) is 7.79. The maximum Gasteiger partial charge on any atom is 0.340 e. The number of aryl methyl sites for hydroxylation is 2. The molecule has 3 nitrogen and oxygen atoms in total. The molecule has 13 heavy (non-hydrogen) atoms. The van der Waals surface area contributed by atoms with Crippen molar-refractivity contribution in [3.05, 3.63) is 21.4 Å². The lowest BCUT2D eigenvalue weighted by Crippen LogP contribution is -2.31. The zero-order chi connectivity index (χ0) is 10.2. The summed E-state index contributed by atoms with van der Waals surface area (Å²) in [5, 5.41) is 18.4. The van der Waals surface area contributed by atoms with Gasteiger partial charge >= 0.3 is 5.97 Å². The Morgan fingerprint density at radius 3 is 2.38 bits per heavy atom. The summed E-state index contributed by atoms with van der Waals surface area (Å²) in [6.07, 6.45) is 0. The Bertz CT molecular complexity index is 339. The van der Waals surface area contributed by atoms with Crippen LogP contribution in [0, 0.1) is 13.8 Å². The van der Waals surface area contributed by atoms with E-state index < -0.39 is 11.6 Å². The van der Waals surface area contributed by atoms with Gasteiger partial charge in [-0.1, -0.05) is 0 Å². The Morgan fingerprint density at radius 1 is 1.54 bits per heavy atom. The molecule has 1 heterocycles. The van der Waals surface area contributed by atoms with E-state index in [0.29, 0.717) is 5.56 Å². The van der Waals surface area contributed by atoms with E-state index in [9.17, 15) is 9.90 Å². The standard InChI is InChI=1S/C9H12O3S/c1-5-4-7(6(2)13-5)9(3,12)8(10)11/h4,12H,1-3H3,(H,10,11). The molecule has 1 aromatic heterocycles. The van der Waals surface area contributed by atoms with E-state index in [1.54, 1.807) is 6.07 Å². The van der Waals surface area contributed by atoms with Crippen LogP contribution < -0.4 is 0 Å². The number of rotatable bonds is 2. The zero-order valence-corrected chi connectivity index (χ0v) is 8.60. The SMILES string of the molecule is Cc1cc(C(C)(O)C(=O)O)c(C)s1. The molecular weight excluding hydrogens is 188 g/mol. The van der Waals surface area contributed by atoms with Crippen LogP contribution in [0.15, 0.2) is 6.07 Å². The van der Waals surface area contributed by atoms with Crippen LogP contribution in [0.3, 0.4) is 0 Å². The fraction of sp³-hybridized carbons (Fsp3) is 0.444. The molecule has 2 N–H and O–H groups in total. The van der Waals surface area contributed by atoms with E-state index >= 15 is 0 Å². The number of aliphatic carboxylic acids is 1. The Morgan fingerprint density at radius 2 is 2.08 bits per heavy atom. The summed E-state index contributed by atoms with van der Waals surface area (Å²) in [5.74, 6) is -1.21.